The lowest BCUT2D eigenvalue weighted by Crippen LogP contribution is -2.40. The van der Waals surface area contributed by atoms with Crippen molar-refractivity contribution in [3.8, 4) is 0 Å². The minimum atomic E-state index is -4.27. The number of nitrogens with one attached hydrogen (secondary N) is 1. The molecule has 6 heteroatoms. The molecule has 0 aromatic carbocycles. The average molecular weight is 242 g/mol. The fourth-order valence-corrected chi connectivity index (χ4v) is 1.14. The van der Waals surface area contributed by atoms with E-state index in [0.717, 1.165) is 6.42 Å². The van der Waals surface area contributed by atoms with Gasteiger partial charge in [0, 0.05) is 6.04 Å². The van der Waals surface area contributed by atoms with Gasteiger partial charge in [-0.05, 0) is 18.3 Å². The number of hydrogen-bond donors (Lipinski definition) is 2. The smallest absolute Gasteiger partial charge is 0.370 e. The van der Waals surface area contributed by atoms with Crippen LogP contribution in [0, 0.1) is 5.41 Å². The van der Waals surface area contributed by atoms with E-state index in [2.05, 4.69) is 30.9 Å². The van der Waals surface area contributed by atoms with Crippen LogP contribution < -0.4 is 11.3 Å². The molecule has 16 heavy (non-hydrogen) atoms. The molecule has 0 aliphatic carbocycles. The van der Waals surface area contributed by atoms with Crippen molar-refractivity contribution in [1.82, 2.24) is 5.43 Å². The van der Waals surface area contributed by atoms with Gasteiger partial charge in [-0.15, -0.1) is 0 Å². The summed E-state index contributed by atoms with van der Waals surface area (Å²) in [7, 11) is 0. The van der Waals surface area contributed by atoms with E-state index in [0.29, 0.717) is 6.42 Å². The molecule has 1 atom stereocenters. The number of nitrogens with two attached hydrogens (primary N) is 1. The highest BCUT2D eigenvalue weighted by atomic mass is 19.4. The molecule has 1 unspecified atom stereocenters. The van der Waals surface area contributed by atoms with Gasteiger partial charge in [0.05, 0.1) is 6.61 Å². The van der Waals surface area contributed by atoms with Gasteiger partial charge in [0.25, 0.3) is 0 Å². The summed E-state index contributed by atoms with van der Waals surface area (Å²) in [5.41, 5.74) is 2.61. The van der Waals surface area contributed by atoms with Crippen molar-refractivity contribution in [2.24, 2.45) is 11.3 Å². The third kappa shape index (κ3) is 10.2. The van der Waals surface area contributed by atoms with Crippen molar-refractivity contribution in [1.29, 1.82) is 0 Å². The first-order valence-electron chi connectivity index (χ1n) is 5.25. The fraction of sp³-hybridized carbons (Fsp3) is 1.00. The minimum absolute atomic E-state index is 0.0217. The number of hydrogen-bond acceptors (Lipinski definition) is 3. The quantitative estimate of drug-likeness (QED) is 0.554. The molecule has 0 fully saturated rings. The molecule has 0 aliphatic heterocycles. The lowest BCUT2D eigenvalue weighted by Gasteiger charge is -2.22. The highest BCUT2D eigenvalue weighted by Crippen LogP contribution is 2.21. The van der Waals surface area contributed by atoms with E-state index < -0.39 is 12.8 Å². The van der Waals surface area contributed by atoms with Crippen LogP contribution in [-0.2, 0) is 4.74 Å². The van der Waals surface area contributed by atoms with Gasteiger partial charge < -0.3 is 4.74 Å². The van der Waals surface area contributed by atoms with E-state index in [1.807, 2.05) is 0 Å². The molecular weight excluding hydrogens is 221 g/mol. The SMILES string of the molecule is CC(C)(C)CCC(COCC(F)(F)F)NN. The maximum absolute atomic E-state index is 11.8. The molecule has 0 bridgehead atoms. The van der Waals surface area contributed by atoms with Crippen LogP contribution in [-0.4, -0.2) is 25.4 Å². The van der Waals surface area contributed by atoms with Gasteiger partial charge in [-0.2, -0.15) is 13.2 Å². The topological polar surface area (TPSA) is 47.3 Å². The summed E-state index contributed by atoms with van der Waals surface area (Å²) in [6.07, 6.45) is -2.71. The van der Waals surface area contributed by atoms with Crippen LogP contribution in [0.4, 0.5) is 13.2 Å². The van der Waals surface area contributed by atoms with Gasteiger partial charge >= 0.3 is 6.18 Å². The van der Waals surface area contributed by atoms with Crippen molar-refractivity contribution in [3.63, 3.8) is 0 Å². The monoisotopic (exact) mass is 242 g/mol. The van der Waals surface area contributed by atoms with Gasteiger partial charge in [0.15, 0.2) is 0 Å². The predicted molar refractivity (Wildman–Crippen MR) is 56.7 cm³/mol. The third-order valence-corrected chi connectivity index (χ3v) is 2.06. The van der Waals surface area contributed by atoms with Crippen LogP contribution in [0.3, 0.4) is 0 Å². The second kappa shape index (κ2) is 6.42. The largest absolute Gasteiger partial charge is 0.411 e. The number of hydrazine groups is 1. The fourth-order valence-electron chi connectivity index (χ4n) is 1.14. The predicted octanol–water partition coefficient (Wildman–Crippen LogP) is 2.22. The van der Waals surface area contributed by atoms with Crippen LogP contribution in [0.2, 0.25) is 0 Å². The van der Waals surface area contributed by atoms with E-state index >= 15 is 0 Å². The standard InChI is InChI=1S/C10H21F3N2O/c1-9(2,3)5-4-8(15-14)6-16-7-10(11,12)13/h8,15H,4-7,14H2,1-3H3. The molecule has 0 saturated carbocycles. The molecule has 3 nitrogen and oxygen atoms in total. The Morgan fingerprint density at radius 3 is 2.19 bits per heavy atom. The Labute approximate surface area is 94.5 Å². The highest BCUT2D eigenvalue weighted by molar-refractivity contribution is 4.69. The van der Waals surface area contributed by atoms with Crippen molar-refractivity contribution < 1.29 is 17.9 Å². The lowest BCUT2D eigenvalue weighted by atomic mass is 9.89. The Balaban J connectivity index is 3.76. The van der Waals surface area contributed by atoms with Gasteiger partial charge in [-0.3, -0.25) is 11.3 Å². The van der Waals surface area contributed by atoms with Gasteiger partial charge in [-0.25, -0.2) is 0 Å². The van der Waals surface area contributed by atoms with E-state index in [9.17, 15) is 13.2 Å². The Bertz CT molecular complexity index is 189. The maximum Gasteiger partial charge on any atom is 0.411 e. The lowest BCUT2D eigenvalue weighted by molar-refractivity contribution is -0.175. The van der Waals surface area contributed by atoms with Crippen LogP contribution >= 0.6 is 0 Å². The molecule has 0 rings (SSSR count). The molecule has 0 saturated heterocycles. The van der Waals surface area contributed by atoms with Crippen molar-refractivity contribution in [2.45, 2.75) is 45.8 Å². The molecule has 0 aromatic rings. The number of halogens is 3. The molecule has 0 aromatic heterocycles. The van der Waals surface area contributed by atoms with E-state index in [1.165, 1.54) is 0 Å². The molecule has 0 aliphatic rings. The van der Waals surface area contributed by atoms with Gasteiger partial charge in [0.1, 0.15) is 6.61 Å². The summed E-state index contributed by atoms with van der Waals surface area (Å²) in [6, 6.07) is -0.235. The van der Waals surface area contributed by atoms with E-state index in [1.54, 1.807) is 0 Å². The van der Waals surface area contributed by atoms with E-state index in [4.69, 9.17) is 5.84 Å². The Kier molecular flexibility index (Phi) is 6.28. The summed E-state index contributed by atoms with van der Waals surface area (Å²) in [4.78, 5) is 0. The summed E-state index contributed by atoms with van der Waals surface area (Å²) in [5.74, 6) is 5.24. The third-order valence-electron chi connectivity index (χ3n) is 2.06. The van der Waals surface area contributed by atoms with Crippen molar-refractivity contribution in [2.75, 3.05) is 13.2 Å². The first-order valence-corrected chi connectivity index (χ1v) is 5.25. The Morgan fingerprint density at radius 1 is 1.25 bits per heavy atom. The maximum atomic E-state index is 11.8. The average Bonchev–Trinajstić information content (AvgIpc) is 2.07. The first-order chi connectivity index (χ1) is 7.14. The Hall–Kier alpha value is -0.330. The van der Waals surface area contributed by atoms with Crippen molar-refractivity contribution in [3.05, 3.63) is 0 Å². The van der Waals surface area contributed by atoms with Crippen LogP contribution in [0.15, 0.2) is 0 Å². The number of rotatable bonds is 6. The Morgan fingerprint density at radius 2 is 1.81 bits per heavy atom. The molecule has 3 N–H and O–H groups in total. The summed E-state index contributed by atoms with van der Waals surface area (Å²) in [5, 5.41) is 0. The minimum Gasteiger partial charge on any atom is -0.370 e. The normalized spacial score (nSPS) is 15.2. The second-order valence-corrected chi connectivity index (χ2v) is 5.09. The summed E-state index contributed by atoms with van der Waals surface area (Å²) in [6.45, 7) is 4.96. The number of alkyl halides is 3. The number of ether oxygens (including phenoxy) is 1. The van der Waals surface area contributed by atoms with Crippen LogP contribution in [0.5, 0.6) is 0 Å². The zero-order valence-corrected chi connectivity index (χ0v) is 10.0. The zero-order valence-electron chi connectivity index (χ0n) is 10.0. The molecule has 98 valence electrons. The molecule has 0 radical (unpaired) electrons. The van der Waals surface area contributed by atoms with Gasteiger partial charge in [0.2, 0.25) is 0 Å². The second-order valence-electron chi connectivity index (χ2n) is 5.09. The van der Waals surface area contributed by atoms with Crippen LogP contribution in [0.1, 0.15) is 33.6 Å². The molecular formula is C10H21F3N2O. The van der Waals surface area contributed by atoms with Crippen molar-refractivity contribution >= 4 is 0 Å². The molecule has 0 heterocycles. The van der Waals surface area contributed by atoms with Gasteiger partial charge in [-0.1, -0.05) is 20.8 Å². The zero-order chi connectivity index (χ0) is 12.8. The summed E-state index contributed by atoms with van der Waals surface area (Å²) >= 11 is 0. The summed E-state index contributed by atoms with van der Waals surface area (Å²) < 4.78 is 40.0. The molecule has 0 spiro atoms. The van der Waals surface area contributed by atoms with Crippen LogP contribution in [0.25, 0.3) is 0 Å². The highest BCUT2D eigenvalue weighted by Gasteiger charge is 2.28. The molecule has 0 amide bonds. The van der Waals surface area contributed by atoms with E-state index in [-0.39, 0.29) is 18.1 Å². The first kappa shape index (κ1) is 15.7.